The van der Waals surface area contributed by atoms with E-state index in [-0.39, 0.29) is 11.9 Å². The molecule has 0 bridgehead atoms. The van der Waals surface area contributed by atoms with Crippen molar-refractivity contribution < 1.29 is 4.79 Å². The first kappa shape index (κ1) is 11.9. The lowest BCUT2D eigenvalue weighted by molar-refractivity contribution is -0.122. The Morgan fingerprint density at radius 2 is 2.19 bits per heavy atom. The minimum Gasteiger partial charge on any atom is -0.355 e. The van der Waals surface area contributed by atoms with Crippen LogP contribution in [0.15, 0.2) is 0 Å². The van der Waals surface area contributed by atoms with Crippen molar-refractivity contribution in [2.45, 2.75) is 51.5 Å². The summed E-state index contributed by atoms with van der Waals surface area (Å²) in [5.74, 6) is 1.89. The molecule has 2 fully saturated rings. The van der Waals surface area contributed by atoms with Gasteiger partial charge in [0.25, 0.3) is 0 Å². The first-order valence-electron chi connectivity index (χ1n) is 6.77. The molecule has 92 valence electrons. The van der Waals surface area contributed by atoms with Crippen molar-refractivity contribution in [2.75, 3.05) is 13.1 Å². The summed E-state index contributed by atoms with van der Waals surface area (Å²) in [5, 5.41) is 6.44. The van der Waals surface area contributed by atoms with Crippen LogP contribution in [-0.2, 0) is 4.79 Å². The second-order valence-corrected chi connectivity index (χ2v) is 5.53. The predicted molar refractivity (Wildman–Crippen MR) is 65.2 cm³/mol. The van der Waals surface area contributed by atoms with E-state index in [2.05, 4.69) is 17.6 Å². The Labute approximate surface area is 98.4 Å². The van der Waals surface area contributed by atoms with Crippen molar-refractivity contribution in [2.24, 2.45) is 11.8 Å². The maximum absolute atomic E-state index is 11.7. The predicted octanol–water partition coefficient (Wildman–Crippen LogP) is 1.68. The quantitative estimate of drug-likeness (QED) is 0.766. The number of rotatable bonds is 3. The van der Waals surface area contributed by atoms with Crippen LogP contribution in [0.2, 0.25) is 0 Å². The fourth-order valence-corrected chi connectivity index (χ4v) is 2.95. The Kier molecular flexibility index (Phi) is 4.22. The number of amides is 1. The molecule has 0 aromatic carbocycles. The summed E-state index contributed by atoms with van der Waals surface area (Å²) < 4.78 is 0. The minimum absolute atomic E-state index is 0.0680. The summed E-state index contributed by atoms with van der Waals surface area (Å²) in [6, 6.07) is 0.0680. The van der Waals surface area contributed by atoms with Crippen LogP contribution < -0.4 is 10.6 Å². The molecule has 0 radical (unpaired) electrons. The van der Waals surface area contributed by atoms with Crippen LogP contribution in [0.4, 0.5) is 0 Å². The molecule has 3 heteroatoms. The number of carbonyl (C=O) groups is 1. The van der Waals surface area contributed by atoms with E-state index in [1.54, 1.807) is 0 Å². The molecule has 16 heavy (non-hydrogen) atoms. The number of hydrogen-bond acceptors (Lipinski definition) is 2. The van der Waals surface area contributed by atoms with Gasteiger partial charge in [0.15, 0.2) is 0 Å². The lowest BCUT2D eigenvalue weighted by Gasteiger charge is -2.18. The van der Waals surface area contributed by atoms with Gasteiger partial charge in [-0.2, -0.15) is 0 Å². The molecule has 2 aliphatic rings. The van der Waals surface area contributed by atoms with Gasteiger partial charge in [-0.1, -0.05) is 13.3 Å². The van der Waals surface area contributed by atoms with E-state index < -0.39 is 0 Å². The van der Waals surface area contributed by atoms with Crippen molar-refractivity contribution in [1.29, 1.82) is 0 Å². The Balaban J connectivity index is 1.73. The second-order valence-electron chi connectivity index (χ2n) is 5.53. The normalized spacial score (nSPS) is 35.8. The van der Waals surface area contributed by atoms with Gasteiger partial charge in [0.1, 0.15) is 0 Å². The Hall–Kier alpha value is -0.570. The third-order valence-electron chi connectivity index (χ3n) is 3.99. The molecule has 1 saturated heterocycles. The highest BCUT2D eigenvalue weighted by molar-refractivity contribution is 5.81. The van der Waals surface area contributed by atoms with E-state index in [1.807, 2.05) is 0 Å². The zero-order chi connectivity index (χ0) is 11.4. The van der Waals surface area contributed by atoms with Crippen LogP contribution in [0.3, 0.4) is 0 Å². The summed E-state index contributed by atoms with van der Waals surface area (Å²) >= 11 is 0. The fourth-order valence-electron chi connectivity index (χ4n) is 2.95. The molecule has 1 aliphatic carbocycles. The van der Waals surface area contributed by atoms with E-state index in [0.717, 1.165) is 44.2 Å². The zero-order valence-electron chi connectivity index (χ0n) is 10.3. The molecule has 1 aliphatic heterocycles. The lowest BCUT2D eigenvalue weighted by atomic mass is 10.0. The van der Waals surface area contributed by atoms with E-state index in [9.17, 15) is 4.79 Å². The van der Waals surface area contributed by atoms with E-state index in [4.69, 9.17) is 0 Å². The fraction of sp³-hybridized carbons (Fsp3) is 0.923. The van der Waals surface area contributed by atoms with E-state index in [1.165, 1.54) is 19.3 Å². The molecule has 2 N–H and O–H groups in total. The van der Waals surface area contributed by atoms with Crippen LogP contribution in [0.25, 0.3) is 0 Å². The molecule has 0 spiro atoms. The maximum Gasteiger partial charge on any atom is 0.237 e. The highest BCUT2D eigenvalue weighted by Gasteiger charge is 2.24. The molecule has 3 nitrogen and oxygen atoms in total. The van der Waals surface area contributed by atoms with Gasteiger partial charge in [0, 0.05) is 6.54 Å². The Bertz CT molecular complexity index is 242. The van der Waals surface area contributed by atoms with Crippen molar-refractivity contribution in [3.8, 4) is 0 Å². The Morgan fingerprint density at radius 3 is 2.94 bits per heavy atom. The number of hydrogen-bond donors (Lipinski definition) is 2. The highest BCUT2D eigenvalue weighted by atomic mass is 16.2. The summed E-state index contributed by atoms with van der Waals surface area (Å²) in [6.07, 6.45) is 7.34. The van der Waals surface area contributed by atoms with Gasteiger partial charge in [-0.05, 0) is 50.5 Å². The molecule has 3 atom stereocenters. The van der Waals surface area contributed by atoms with Crippen LogP contribution >= 0.6 is 0 Å². The monoisotopic (exact) mass is 224 g/mol. The topological polar surface area (TPSA) is 41.1 Å². The first-order chi connectivity index (χ1) is 7.75. The van der Waals surface area contributed by atoms with Crippen molar-refractivity contribution in [1.82, 2.24) is 10.6 Å². The van der Waals surface area contributed by atoms with Gasteiger partial charge in [-0.15, -0.1) is 0 Å². The smallest absolute Gasteiger partial charge is 0.237 e. The van der Waals surface area contributed by atoms with Gasteiger partial charge < -0.3 is 10.6 Å². The summed E-state index contributed by atoms with van der Waals surface area (Å²) in [7, 11) is 0. The van der Waals surface area contributed by atoms with Crippen molar-refractivity contribution in [3.05, 3.63) is 0 Å². The standard InChI is InChI=1S/C13H24N2O/c1-10-5-6-11(8-10)9-15-12-4-2-3-7-14-13(12)16/h10-12,15H,2-9H2,1H3,(H,14,16). The summed E-state index contributed by atoms with van der Waals surface area (Å²) in [4.78, 5) is 11.7. The summed E-state index contributed by atoms with van der Waals surface area (Å²) in [5.41, 5.74) is 0. The lowest BCUT2D eigenvalue weighted by Crippen LogP contribution is -2.44. The van der Waals surface area contributed by atoms with Crippen molar-refractivity contribution in [3.63, 3.8) is 0 Å². The van der Waals surface area contributed by atoms with Gasteiger partial charge >= 0.3 is 0 Å². The van der Waals surface area contributed by atoms with Crippen molar-refractivity contribution >= 4 is 5.91 Å². The average Bonchev–Trinajstić information content (AvgIpc) is 2.56. The SMILES string of the molecule is CC1CCC(CNC2CCCCNC2=O)C1. The molecular formula is C13H24N2O. The molecular weight excluding hydrogens is 200 g/mol. The van der Waals surface area contributed by atoms with Gasteiger partial charge in [-0.3, -0.25) is 4.79 Å². The molecule has 0 aromatic rings. The molecule has 1 heterocycles. The van der Waals surface area contributed by atoms with E-state index in [0.29, 0.717) is 0 Å². The molecule has 1 amide bonds. The van der Waals surface area contributed by atoms with Gasteiger partial charge in [0.05, 0.1) is 6.04 Å². The molecule has 3 unspecified atom stereocenters. The Morgan fingerprint density at radius 1 is 1.31 bits per heavy atom. The third-order valence-corrected chi connectivity index (χ3v) is 3.99. The molecule has 1 saturated carbocycles. The van der Waals surface area contributed by atoms with Crippen LogP contribution in [0, 0.1) is 11.8 Å². The largest absolute Gasteiger partial charge is 0.355 e. The summed E-state index contributed by atoms with van der Waals surface area (Å²) in [6.45, 7) is 4.22. The molecule has 2 rings (SSSR count). The zero-order valence-corrected chi connectivity index (χ0v) is 10.3. The average molecular weight is 224 g/mol. The van der Waals surface area contributed by atoms with Gasteiger partial charge in [-0.25, -0.2) is 0 Å². The highest BCUT2D eigenvalue weighted by Crippen LogP contribution is 2.29. The third kappa shape index (κ3) is 3.21. The van der Waals surface area contributed by atoms with Gasteiger partial charge in [0.2, 0.25) is 5.91 Å². The van der Waals surface area contributed by atoms with Crippen LogP contribution in [0.5, 0.6) is 0 Å². The first-order valence-corrected chi connectivity index (χ1v) is 6.77. The van der Waals surface area contributed by atoms with Crippen LogP contribution in [0.1, 0.15) is 45.4 Å². The minimum atomic E-state index is 0.0680. The van der Waals surface area contributed by atoms with Crippen LogP contribution in [-0.4, -0.2) is 25.0 Å². The molecule has 0 aromatic heterocycles. The van der Waals surface area contributed by atoms with E-state index >= 15 is 0 Å². The number of nitrogens with one attached hydrogen (secondary N) is 2. The second kappa shape index (κ2) is 5.67. The number of carbonyl (C=O) groups excluding carboxylic acids is 1. The maximum atomic E-state index is 11.7.